The summed E-state index contributed by atoms with van der Waals surface area (Å²) in [7, 11) is 0. The van der Waals surface area contributed by atoms with Crippen LogP contribution in [0.4, 0.5) is 4.79 Å². The second-order valence-corrected chi connectivity index (χ2v) is 4.00. The zero-order chi connectivity index (χ0) is 10.8. The molecule has 1 aliphatic rings. The van der Waals surface area contributed by atoms with Gasteiger partial charge in [0.25, 0.3) is 0 Å². The zero-order valence-electron chi connectivity index (χ0n) is 8.37. The Morgan fingerprint density at radius 1 is 1.50 bits per heavy atom. The highest BCUT2D eigenvalue weighted by Crippen LogP contribution is 2.35. The molecule has 0 aromatic heterocycles. The lowest BCUT2D eigenvalue weighted by Crippen LogP contribution is -2.43. The van der Waals surface area contributed by atoms with Gasteiger partial charge in [-0.05, 0) is 18.8 Å². The fourth-order valence-corrected chi connectivity index (χ4v) is 0.991. The minimum absolute atomic E-state index is 0.251. The Balaban J connectivity index is 2.31. The van der Waals surface area contributed by atoms with E-state index in [1.165, 1.54) is 0 Å². The summed E-state index contributed by atoms with van der Waals surface area (Å²) in [5.74, 6) is -0.736. The smallest absolute Gasteiger partial charge is 0.408 e. The third-order valence-electron chi connectivity index (χ3n) is 2.05. The van der Waals surface area contributed by atoms with Crippen molar-refractivity contribution >= 4 is 12.1 Å². The van der Waals surface area contributed by atoms with Crippen molar-refractivity contribution in [1.29, 1.82) is 0 Å². The maximum atomic E-state index is 11.1. The summed E-state index contributed by atoms with van der Waals surface area (Å²) in [6.07, 6.45) is 0.330. The van der Waals surface area contributed by atoms with Crippen LogP contribution in [0.1, 0.15) is 26.7 Å². The highest BCUT2D eigenvalue weighted by Gasteiger charge is 2.52. The van der Waals surface area contributed by atoms with Crippen molar-refractivity contribution in [3.05, 3.63) is 0 Å². The molecule has 0 aliphatic heterocycles. The Morgan fingerprint density at radius 2 is 2.07 bits per heavy atom. The first-order valence-electron chi connectivity index (χ1n) is 4.64. The third-order valence-corrected chi connectivity index (χ3v) is 2.05. The maximum Gasteiger partial charge on any atom is 0.408 e. The molecule has 0 spiro atoms. The van der Waals surface area contributed by atoms with Crippen molar-refractivity contribution in [3.63, 3.8) is 0 Å². The SMILES string of the molecule is CC(C)COC(=O)NC1(C(=O)O)CC1. The van der Waals surface area contributed by atoms with E-state index >= 15 is 0 Å². The maximum absolute atomic E-state index is 11.1. The number of carboxylic acid groups (broad SMARTS) is 1. The van der Waals surface area contributed by atoms with E-state index in [-0.39, 0.29) is 5.92 Å². The number of aliphatic carboxylic acids is 1. The molecule has 0 aromatic carbocycles. The number of nitrogens with one attached hydrogen (secondary N) is 1. The number of carbonyl (C=O) groups excluding carboxylic acids is 1. The largest absolute Gasteiger partial charge is 0.480 e. The molecular formula is C9H15NO4. The van der Waals surface area contributed by atoms with E-state index in [4.69, 9.17) is 9.84 Å². The van der Waals surface area contributed by atoms with Gasteiger partial charge in [-0.25, -0.2) is 9.59 Å². The van der Waals surface area contributed by atoms with Crippen molar-refractivity contribution in [3.8, 4) is 0 Å². The van der Waals surface area contributed by atoms with Gasteiger partial charge in [0.1, 0.15) is 5.54 Å². The van der Waals surface area contributed by atoms with Crippen LogP contribution in [0, 0.1) is 5.92 Å². The minimum Gasteiger partial charge on any atom is -0.480 e. The molecule has 1 saturated carbocycles. The summed E-state index contributed by atoms with van der Waals surface area (Å²) in [6, 6.07) is 0. The first kappa shape index (κ1) is 10.8. The molecular weight excluding hydrogens is 186 g/mol. The molecule has 0 unspecified atom stereocenters. The van der Waals surface area contributed by atoms with E-state index < -0.39 is 17.6 Å². The van der Waals surface area contributed by atoms with Gasteiger partial charge in [-0.3, -0.25) is 0 Å². The predicted molar refractivity (Wildman–Crippen MR) is 48.9 cm³/mol. The van der Waals surface area contributed by atoms with Crippen LogP contribution < -0.4 is 5.32 Å². The molecule has 1 rings (SSSR count). The molecule has 0 radical (unpaired) electrons. The van der Waals surface area contributed by atoms with Gasteiger partial charge >= 0.3 is 12.1 Å². The number of carbonyl (C=O) groups is 2. The lowest BCUT2D eigenvalue weighted by molar-refractivity contribution is -0.140. The molecule has 1 fully saturated rings. The lowest BCUT2D eigenvalue weighted by Gasteiger charge is -2.13. The van der Waals surface area contributed by atoms with Crippen LogP contribution in [0.3, 0.4) is 0 Å². The number of rotatable bonds is 4. The normalized spacial score (nSPS) is 17.6. The van der Waals surface area contributed by atoms with Crippen molar-refractivity contribution in [1.82, 2.24) is 5.32 Å². The van der Waals surface area contributed by atoms with E-state index in [1.54, 1.807) is 0 Å². The molecule has 0 saturated heterocycles. The number of carboxylic acids is 1. The van der Waals surface area contributed by atoms with Gasteiger partial charge in [-0.1, -0.05) is 13.8 Å². The first-order valence-corrected chi connectivity index (χ1v) is 4.64. The van der Waals surface area contributed by atoms with Crippen LogP contribution in [0.25, 0.3) is 0 Å². The van der Waals surface area contributed by atoms with Gasteiger partial charge in [-0.15, -0.1) is 0 Å². The van der Waals surface area contributed by atoms with Gasteiger partial charge in [0.2, 0.25) is 0 Å². The van der Waals surface area contributed by atoms with Gasteiger partial charge in [0, 0.05) is 0 Å². The second kappa shape index (κ2) is 3.86. The predicted octanol–water partition coefficient (Wildman–Crippen LogP) is 0.986. The number of alkyl carbamates (subject to hydrolysis) is 1. The quantitative estimate of drug-likeness (QED) is 0.711. The molecule has 14 heavy (non-hydrogen) atoms. The van der Waals surface area contributed by atoms with Crippen molar-refractivity contribution in [2.24, 2.45) is 5.92 Å². The Kier molecular flexibility index (Phi) is 2.98. The zero-order valence-corrected chi connectivity index (χ0v) is 8.37. The van der Waals surface area contributed by atoms with E-state index in [0.717, 1.165) is 0 Å². The molecule has 5 nitrogen and oxygen atoms in total. The molecule has 2 N–H and O–H groups in total. The summed E-state index contributed by atoms with van der Waals surface area (Å²) in [5.41, 5.74) is -1.05. The number of ether oxygens (including phenoxy) is 1. The van der Waals surface area contributed by atoms with E-state index in [9.17, 15) is 9.59 Å². The first-order chi connectivity index (χ1) is 6.46. The van der Waals surface area contributed by atoms with Gasteiger partial charge < -0.3 is 15.2 Å². The third kappa shape index (κ3) is 2.61. The van der Waals surface area contributed by atoms with Crippen LogP contribution in [-0.4, -0.2) is 29.3 Å². The number of hydrogen-bond acceptors (Lipinski definition) is 3. The van der Waals surface area contributed by atoms with Crippen molar-refractivity contribution in [2.45, 2.75) is 32.2 Å². The second-order valence-electron chi connectivity index (χ2n) is 4.00. The fraction of sp³-hybridized carbons (Fsp3) is 0.778. The van der Waals surface area contributed by atoms with Gasteiger partial charge in [0.05, 0.1) is 6.61 Å². The van der Waals surface area contributed by atoms with Crippen LogP contribution in [0.2, 0.25) is 0 Å². The minimum atomic E-state index is -1.05. The Morgan fingerprint density at radius 3 is 2.43 bits per heavy atom. The summed E-state index contributed by atoms with van der Waals surface area (Å²) in [6.45, 7) is 4.14. The summed E-state index contributed by atoms with van der Waals surface area (Å²) in [4.78, 5) is 21.8. The molecule has 1 aliphatic carbocycles. The Labute approximate surface area is 82.4 Å². The highest BCUT2D eigenvalue weighted by atomic mass is 16.5. The summed E-state index contributed by atoms with van der Waals surface area (Å²) < 4.78 is 4.82. The molecule has 1 amide bonds. The van der Waals surface area contributed by atoms with Crippen LogP contribution in [0.5, 0.6) is 0 Å². The average molecular weight is 201 g/mol. The van der Waals surface area contributed by atoms with E-state index in [1.807, 2.05) is 13.8 Å². The lowest BCUT2D eigenvalue weighted by atomic mass is 10.2. The Bertz CT molecular complexity index is 245. The average Bonchev–Trinajstić information content (AvgIpc) is 2.82. The number of amides is 1. The molecule has 80 valence electrons. The van der Waals surface area contributed by atoms with Crippen molar-refractivity contribution in [2.75, 3.05) is 6.61 Å². The molecule has 5 heteroatoms. The number of hydrogen-bond donors (Lipinski definition) is 2. The topological polar surface area (TPSA) is 75.6 Å². The Hall–Kier alpha value is -1.26. The summed E-state index contributed by atoms with van der Waals surface area (Å²) in [5, 5.41) is 11.1. The van der Waals surface area contributed by atoms with Crippen LogP contribution in [-0.2, 0) is 9.53 Å². The van der Waals surface area contributed by atoms with Gasteiger partial charge in [0.15, 0.2) is 0 Å². The van der Waals surface area contributed by atoms with E-state index in [2.05, 4.69) is 5.32 Å². The van der Waals surface area contributed by atoms with Crippen molar-refractivity contribution < 1.29 is 19.4 Å². The summed E-state index contributed by atoms with van der Waals surface area (Å²) >= 11 is 0. The fourth-order valence-electron chi connectivity index (χ4n) is 0.991. The molecule has 0 atom stereocenters. The molecule has 0 aromatic rings. The standard InChI is InChI=1S/C9H15NO4/c1-6(2)5-14-8(13)10-9(3-4-9)7(11)12/h6H,3-5H2,1-2H3,(H,10,13)(H,11,12). The highest BCUT2D eigenvalue weighted by molar-refractivity contribution is 5.87. The van der Waals surface area contributed by atoms with E-state index in [0.29, 0.717) is 19.4 Å². The van der Waals surface area contributed by atoms with Crippen LogP contribution in [0.15, 0.2) is 0 Å². The van der Waals surface area contributed by atoms with Gasteiger partial charge in [-0.2, -0.15) is 0 Å². The molecule has 0 bridgehead atoms. The molecule has 0 heterocycles. The van der Waals surface area contributed by atoms with Crippen LogP contribution >= 0.6 is 0 Å². The monoisotopic (exact) mass is 201 g/mol.